The SMILES string of the molecule is CCOC(=O)c1cn(CC(=O)N2C[C@H](F)C[C@H]2C(=O)Nc2cccc(Br)n2)nc1-c1cnc(C)nc1. The quantitative estimate of drug-likeness (QED) is 0.345. The zero-order valence-electron chi connectivity index (χ0n) is 19.5. The van der Waals surface area contributed by atoms with Crippen molar-refractivity contribution < 1.29 is 23.5 Å². The molecular formula is C23H23BrFN7O4. The second-order valence-electron chi connectivity index (χ2n) is 8.06. The molecule has 1 N–H and O–H groups in total. The van der Waals surface area contributed by atoms with Crippen LogP contribution in [0.2, 0.25) is 0 Å². The highest BCUT2D eigenvalue weighted by Crippen LogP contribution is 2.25. The average Bonchev–Trinajstić information content (AvgIpc) is 3.43. The van der Waals surface area contributed by atoms with Crippen molar-refractivity contribution in [1.82, 2.24) is 29.6 Å². The molecule has 188 valence electrons. The Morgan fingerprint density at radius 3 is 2.69 bits per heavy atom. The number of hydrogen-bond donors (Lipinski definition) is 1. The maximum Gasteiger partial charge on any atom is 0.341 e. The summed E-state index contributed by atoms with van der Waals surface area (Å²) in [5.74, 6) is -0.861. The molecular weight excluding hydrogens is 537 g/mol. The summed E-state index contributed by atoms with van der Waals surface area (Å²) >= 11 is 3.23. The van der Waals surface area contributed by atoms with Crippen molar-refractivity contribution in [2.75, 3.05) is 18.5 Å². The second-order valence-corrected chi connectivity index (χ2v) is 8.87. The molecule has 1 aliphatic rings. The maximum atomic E-state index is 14.3. The Morgan fingerprint density at radius 2 is 2.00 bits per heavy atom. The number of alkyl halides is 1. The zero-order chi connectivity index (χ0) is 25.8. The van der Waals surface area contributed by atoms with Gasteiger partial charge in [0, 0.05) is 30.6 Å². The number of halogens is 2. The topological polar surface area (TPSA) is 132 Å². The summed E-state index contributed by atoms with van der Waals surface area (Å²) in [5, 5.41) is 6.99. The van der Waals surface area contributed by atoms with Gasteiger partial charge in [-0.1, -0.05) is 6.07 Å². The smallest absolute Gasteiger partial charge is 0.341 e. The third-order valence-corrected chi connectivity index (χ3v) is 5.89. The van der Waals surface area contributed by atoms with E-state index >= 15 is 0 Å². The van der Waals surface area contributed by atoms with Gasteiger partial charge in [0.15, 0.2) is 0 Å². The lowest BCUT2D eigenvalue weighted by atomic mass is 10.1. The lowest BCUT2D eigenvalue weighted by Crippen LogP contribution is -2.44. The molecule has 1 fully saturated rings. The lowest BCUT2D eigenvalue weighted by Gasteiger charge is -2.23. The minimum Gasteiger partial charge on any atom is -0.462 e. The van der Waals surface area contributed by atoms with Crippen molar-refractivity contribution in [2.45, 2.75) is 39.0 Å². The third-order valence-electron chi connectivity index (χ3n) is 5.45. The Bertz CT molecular complexity index is 1280. The Labute approximate surface area is 214 Å². The molecule has 2 atom stereocenters. The Kier molecular flexibility index (Phi) is 7.67. The standard InChI is InChI=1S/C23H23BrFN7O4/c1-3-36-23(35)16-11-31(30-21(16)14-8-26-13(2)27-9-14)12-20(33)32-10-15(25)7-17(32)22(34)29-19-6-4-5-18(24)28-19/h4-6,8-9,11,15,17H,3,7,10,12H2,1-2H3,(H,28,29,34)/t15-,17+/m1/s1. The molecule has 1 saturated heterocycles. The molecule has 0 bridgehead atoms. The van der Waals surface area contributed by atoms with Crippen LogP contribution in [0.15, 0.2) is 41.4 Å². The van der Waals surface area contributed by atoms with E-state index in [1.165, 1.54) is 28.2 Å². The summed E-state index contributed by atoms with van der Waals surface area (Å²) in [6.07, 6.45) is 2.93. The molecule has 0 radical (unpaired) electrons. The van der Waals surface area contributed by atoms with E-state index in [1.807, 2.05) is 0 Å². The van der Waals surface area contributed by atoms with Crippen LogP contribution in [0.3, 0.4) is 0 Å². The van der Waals surface area contributed by atoms with Gasteiger partial charge in [-0.15, -0.1) is 0 Å². The van der Waals surface area contributed by atoms with Crippen molar-refractivity contribution >= 4 is 39.5 Å². The molecule has 0 unspecified atom stereocenters. The van der Waals surface area contributed by atoms with E-state index < -0.39 is 30.0 Å². The van der Waals surface area contributed by atoms with Crippen molar-refractivity contribution in [3.05, 3.63) is 52.8 Å². The molecule has 0 aliphatic carbocycles. The first-order valence-corrected chi connectivity index (χ1v) is 11.9. The van der Waals surface area contributed by atoms with E-state index in [-0.39, 0.29) is 43.2 Å². The van der Waals surface area contributed by atoms with Crippen LogP contribution >= 0.6 is 15.9 Å². The molecule has 36 heavy (non-hydrogen) atoms. The number of rotatable bonds is 7. The van der Waals surface area contributed by atoms with E-state index in [1.54, 1.807) is 32.0 Å². The largest absolute Gasteiger partial charge is 0.462 e. The van der Waals surface area contributed by atoms with Crippen LogP contribution in [0, 0.1) is 6.92 Å². The highest BCUT2D eigenvalue weighted by molar-refractivity contribution is 9.10. The van der Waals surface area contributed by atoms with Gasteiger partial charge in [0.05, 0.1) is 13.2 Å². The number of pyridine rings is 1. The van der Waals surface area contributed by atoms with Gasteiger partial charge in [0.1, 0.15) is 46.3 Å². The first kappa shape index (κ1) is 25.4. The number of esters is 1. The monoisotopic (exact) mass is 559 g/mol. The van der Waals surface area contributed by atoms with E-state index in [9.17, 15) is 18.8 Å². The molecule has 2 amide bonds. The molecule has 13 heteroatoms. The third kappa shape index (κ3) is 5.73. The molecule has 1 aliphatic heterocycles. The Balaban J connectivity index is 1.54. The van der Waals surface area contributed by atoms with Gasteiger partial charge >= 0.3 is 5.97 Å². The van der Waals surface area contributed by atoms with Gasteiger partial charge in [-0.25, -0.2) is 24.1 Å². The fraction of sp³-hybridized carbons (Fsp3) is 0.348. The number of nitrogens with zero attached hydrogens (tertiary/aromatic N) is 6. The summed E-state index contributed by atoms with van der Waals surface area (Å²) in [4.78, 5) is 52.1. The summed E-state index contributed by atoms with van der Waals surface area (Å²) in [5.41, 5.74) is 0.858. The highest BCUT2D eigenvalue weighted by atomic mass is 79.9. The summed E-state index contributed by atoms with van der Waals surface area (Å²) in [6, 6.07) is 3.97. The number of carbonyl (C=O) groups is 3. The van der Waals surface area contributed by atoms with Crippen LogP contribution in [-0.2, 0) is 20.9 Å². The lowest BCUT2D eigenvalue weighted by molar-refractivity contribution is -0.137. The zero-order valence-corrected chi connectivity index (χ0v) is 21.1. The van der Waals surface area contributed by atoms with E-state index in [0.717, 1.165) is 0 Å². The highest BCUT2D eigenvalue weighted by Gasteiger charge is 2.40. The number of nitrogens with one attached hydrogen (secondary N) is 1. The average molecular weight is 560 g/mol. The van der Waals surface area contributed by atoms with Crippen LogP contribution in [0.4, 0.5) is 10.2 Å². The summed E-state index contributed by atoms with van der Waals surface area (Å²) < 4.78 is 21.2. The number of hydrogen-bond acceptors (Lipinski definition) is 8. The first-order valence-electron chi connectivity index (χ1n) is 11.2. The molecule has 11 nitrogen and oxygen atoms in total. The number of ether oxygens (including phenoxy) is 1. The molecule has 3 aromatic rings. The molecule has 0 spiro atoms. The Hall–Kier alpha value is -3.74. The van der Waals surface area contributed by atoms with Gasteiger partial charge in [0.2, 0.25) is 11.8 Å². The van der Waals surface area contributed by atoms with Crippen LogP contribution in [0.1, 0.15) is 29.5 Å². The fourth-order valence-corrected chi connectivity index (χ4v) is 4.16. The molecule has 0 aromatic carbocycles. The molecule has 4 heterocycles. The first-order chi connectivity index (χ1) is 17.2. The maximum absolute atomic E-state index is 14.3. The van der Waals surface area contributed by atoms with Crippen molar-refractivity contribution in [3.8, 4) is 11.3 Å². The summed E-state index contributed by atoms with van der Waals surface area (Å²) in [7, 11) is 0. The van der Waals surface area contributed by atoms with Gasteiger partial charge in [-0.2, -0.15) is 5.10 Å². The van der Waals surface area contributed by atoms with Gasteiger partial charge in [-0.3, -0.25) is 14.3 Å². The second kappa shape index (κ2) is 10.9. The summed E-state index contributed by atoms with van der Waals surface area (Å²) in [6.45, 7) is 3.01. The van der Waals surface area contributed by atoms with Crippen LogP contribution in [0.25, 0.3) is 11.3 Å². The molecule has 3 aromatic heterocycles. The van der Waals surface area contributed by atoms with Crippen molar-refractivity contribution in [3.63, 3.8) is 0 Å². The minimum absolute atomic E-state index is 0.134. The predicted octanol–water partition coefficient (Wildman–Crippen LogP) is 2.56. The molecule has 4 rings (SSSR count). The van der Waals surface area contributed by atoms with Crippen LogP contribution in [-0.4, -0.2) is 72.8 Å². The Morgan fingerprint density at radius 1 is 1.25 bits per heavy atom. The minimum atomic E-state index is -1.35. The van der Waals surface area contributed by atoms with Crippen molar-refractivity contribution in [1.29, 1.82) is 0 Å². The van der Waals surface area contributed by atoms with Crippen molar-refractivity contribution in [2.24, 2.45) is 0 Å². The molecule has 0 saturated carbocycles. The van der Waals surface area contributed by atoms with Gasteiger partial charge in [-0.05, 0) is 41.9 Å². The van der Waals surface area contributed by atoms with E-state index in [2.05, 4.69) is 41.3 Å². The number of likely N-dealkylation sites (tertiary alicyclic amines) is 1. The number of carbonyl (C=O) groups excluding carboxylic acids is 3. The van der Waals surface area contributed by atoms with Gasteiger partial charge < -0.3 is 15.0 Å². The van der Waals surface area contributed by atoms with E-state index in [0.29, 0.717) is 16.0 Å². The van der Waals surface area contributed by atoms with E-state index in [4.69, 9.17) is 4.74 Å². The number of amides is 2. The number of aromatic nitrogens is 5. The normalized spacial score (nSPS) is 17.2. The fourth-order valence-electron chi connectivity index (χ4n) is 3.81. The van der Waals surface area contributed by atoms with Crippen LogP contribution in [0.5, 0.6) is 0 Å². The van der Waals surface area contributed by atoms with Gasteiger partial charge in [0.25, 0.3) is 0 Å². The number of aryl methyl sites for hydroxylation is 1. The predicted molar refractivity (Wildman–Crippen MR) is 130 cm³/mol. The number of anilines is 1. The van der Waals surface area contributed by atoms with Crippen LogP contribution < -0.4 is 5.32 Å².